The number of oxazole rings is 1. The van der Waals surface area contributed by atoms with Gasteiger partial charge < -0.3 is 20.0 Å². The first-order chi connectivity index (χ1) is 12.0. The quantitative estimate of drug-likeness (QED) is 0.636. The third kappa shape index (κ3) is 5.11. The van der Waals surface area contributed by atoms with Crippen LogP contribution in [0.15, 0.2) is 10.6 Å². The molecule has 2 aromatic rings. The number of anilines is 3. The molecule has 1 amide bonds. The van der Waals surface area contributed by atoms with E-state index in [2.05, 4.69) is 40.8 Å². The number of rotatable bonds is 8. The van der Waals surface area contributed by atoms with Crippen LogP contribution < -0.4 is 16.0 Å². The molecule has 134 valence electrons. The fourth-order valence-electron chi connectivity index (χ4n) is 2.02. The summed E-state index contributed by atoms with van der Waals surface area (Å²) in [4.78, 5) is 30.7. The van der Waals surface area contributed by atoms with Gasteiger partial charge in [0.2, 0.25) is 17.7 Å². The summed E-state index contributed by atoms with van der Waals surface area (Å²) in [5, 5.41) is 8.84. The highest BCUT2D eigenvalue weighted by Gasteiger charge is 2.25. The molecule has 0 saturated heterocycles. The SMILES string of the molecule is Cc1nc(NCCN(C)C)nc(Nc2ncc(C(=O)NC3CC3)o2)n1. The third-order valence-corrected chi connectivity index (χ3v) is 3.45. The Hall–Kier alpha value is -2.75. The average molecular weight is 346 g/mol. The molecule has 1 aliphatic carbocycles. The number of nitrogens with one attached hydrogen (secondary N) is 3. The van der Waals surface area contributed by atoms with E-state index in [1.54, 1.807) is 6.92 Å². The Morgan fingerprint density at radius 1 is 1.28 bits per heavy atom. The largest absolute Gasteiger partial charge is 0.418 e. The van der Waals surface area contributed by atoms with Gasteiger partial charge in [0.25, 0.3) is 5.91 Å². The second-order valence-corrected chi connectivity index (χ2v) is 6.16. The molecule has 1 fully saturated rings. The van der Waals surface area contributed by atoms with Crippen molar-refractivity contribution in [1.29, 1.82) is 0 Å². The normalized spacial score (nSPS) is 13.8. The minimum absolute atomic E-state index is 0.157. The van der Waals surface area contributed by atoms with Gasteiger partial charge in [-0.15, -0.1) is 0 Å². The van der Waals surface area contributed by atoms with E-state index in [0.29, 0.717) is 24.3 Å². The lowest BCUT2D eigenvalue weighted by molar-refractivity contribution is 0.0924. The Kier molecular flexibility index (Phi) is 5.08. The van der Waals surface area contributed by atoms with Gasteiger partial charge in [0.15, 0.2) is 0 Å². The number of carbonyl (C=O) groups excluding carboxylic acids is 1. The predicted octanol–water partition coefficient (Wildman–Crippen LogP) is 0.777. The van der Waals surface area contributed by atoms with Crippen LogP contribution in [0.3, 0.4) is 0 Å². The summed E-state index contributed by atoms with van der Waals surface area (Å²) in [7, 11) is 3.99. The molecule has 3 N–H and O–H groups in total. The Morgan fingerprint density at radius 2 is 2.04 bits per heavy atom. The standard InChI is InChI=1S/C15H22N8O2/c1-9-18-13(16-6-7-23(2)3)21-14(19-9)22-15-17-8-11(25-15)12(24)20-10-4-5-10/h8,10H,4-7H2,1-3H3,(H,20,24)(H2,16,17,18,19,21,22). The van der Waals surface area contributed by atoms with Crippen LogP contribution in [0, 0.1) is 6.92 Å². The van der Waals surface area contributed by atoms with Crippen molar-refractivity contribution in [2.45, 2.75) is 25.8 Å². The van der Waals surface area contributed by atoms with Crippen LogP contribution in [0.5, 0.6) is 0 Å². The Bertz CT molecular complexity index is 741. The Balaban J connectivity index is 1.62. The topological polar surface area (TPSA) is 121 Å². The van der Waals surface area contributed by atoms with Crippen LogP contribution in [0.4, 0.5) is 17.9 Å². The van der Waals surface area contributed by atoms with Crippen molar-refractivity contribution < 1.29 is 9.21 Å². The lowest BCUT2D eigenvalue weighted by Crippen LogP contribution is -2.24. The summed E-state index contributed by atoms with van der Waals surface area (Å²) in [6, 6.07) is 0.418. The van der Waals surface area contributed by atoms with E-state index < -0.39 is 0 Å². The molecule has 0 unspecified atom stereocenters. The van der Waals surface area contributed by atoms with Gasteiger partial charge in [-0.25, -0.2) is 4.98 Å². The summed E-state index contributed by atoms with van der Waals surface area (Å²) >= 11 is 0. The zero-order valence-electron chi connectivity index (χ0n) is 14.5. The van der Waals surface area contributed by atoms with Crippen molar-refractivity contribution in [3.05, 3.63) is 17.8 Å². The molecule has 3 rings (SSSR count). The van der Waals surface area contributed by atoms with Crippen molar-refractivity contribution in [3.63, 3.8) is 0 Å². The van der Waals surface area contributed by atoms with Crippen LogP contribution >= 0.6 is 0 Å². The molecule has 1 saturated carbocycles. The smallest absolute Gasteiger partial charge is 0.302 e. The maximum absolute atomic E-state index is 11.9. The first-order valence-electron chi connectivity index (χ1n) is 8.14. The van der Waals surface area contributed by atoms with E-state index in [4.69, 9.17) is 4.42 Å². The highest BCUT2D eigenvalue weighted by Crippen LogP contribution is 2.20. The minimum Gasteiger partial charge on any atom is -0.418 e. The zero-order chi connectivity index (χ0) is 17.8. The van der Waals surface area contributed by atoms with Crippen molar-refractivity contribution in [1.82, 2.24) is 30.2 Å². The van der Waals surface area contributed by atoms with Gasteiger partial charge in [0.1, 0.15) is 5.82 Å². The molecule has 0 aliphatic heterocycles. The molecule has 2 heterocycles. The molecular weight excluding hydrogens is 324 g/mol. The van der Waals surface area contributed by atoms with E-state index in [1.807, 2.05) is 14.1 Å². The second kappa shape index (κ2) is 7.43. The highest BCUT2D eigenvalue weighted by atomic mass is 16.4. The van der Waals surface area contributed by atoms with E-state index in [0.717, 1.165) is 19.4 Å². The van der Waals surface area contributed by atoms with Crippen molar-refractivity contribution >= 4 is 23.8 Å². The predicted molar refractivity (Wildman–Crippen MR) is 91.9 cm³/mol. The zero-order valence-corrected chi connectivity index (χ0v) is 14.5. The van der Waals surface area contributed by atoms with Crippen LogP contribution in [0.2, 0.25) is 0 Å². The average Bonchev–Trinajstić information content (AvgIpc) is 3.22. The van der Waals surface area contributed by atoms with E-state index in [-0.39, 0.29) is 23.7 Å². The highest BCUT2D eigenvalue weighted by molar-refractivity contribution is 5.91. The lowest BCUT2D eigenvalue weighted by atomic mass is 10.4. The number of likely N-dealkylation sites (N-methyl/N-ethyl adjacent to an activating group) is 1. The fraction of sp³-hybridized carbons (Fsp3) is 0.533. The molecule has 0 aromatic carbocycles. The molecule has 1 aliphatic rings. The Morgan fingerprint density at radius 3 is 2.76 bits per heavy atom. The summed E-state index contributed by atoms with van der Waals surface area (Å²) in [6.07, 6.45) is 3.40. The number of carbonyl (C=O) groups is 1. The van der Waals surface area contributed by atoms with Crippen LogP contribution in [-0.2, 0) is 0 Å². The van der Waals surface area contributed by atoms with Crippen LogP contribution in [0.1, 0.15) is 29.2 Å². The second-order valence-electron chi connectivity index (χ2n) is 6.16. The number of amides is 1. The van der Waals surface area contributed by atoms with Gasteiger partial charge >= 0.3 is 6.01 Å². The number of hydrogen-bond acceptors (Lipinski definition) is 9. The molecule has 0 radical (unpaired) electrons. The Labute approximate surface area is 145 Å². The lowest BCUT2D eigenvalue weighted by Gasteiger charge is -2.11. The van der Waals surface area contributed by atoms with Crippen molar-refractivity contribution in [2.75, 3.05) is 37.8 Å². The van der Waals surface area contributed by atoms with Crippen LogP contribution in [0.25, 0.3) is 0 Å². The first-order valence-corrected chi connectivity index (χ1v) is 8.14. The van der Waals surface area contributed by atoms with Crippen molar-refractivity contribution in [2.24, 2.45) is 0 Å². The van der Waals surface area contributed by atoms with E-state index >= 15 is 0 Å². The maximum atomic E-state index is 11.9. The van der Waals surface area contributed by atoms with Gasteiger partial charge in [0.05, 0.1) is 6.20 Å². The number of nitrogens with zero attached hydrogens (tertiary/aromatic N) is 5. The summed E-state index contributed by atoms with van der Waals surface area (Å²) < 4.78 is 5.41. The van der Waals surface area contributed by atoms with Gasteiger partial charge in [0, 0.05) is 19.1 Å². The van der Waals surface area contributed by atoms with E-state index in [1.165, 1.54) is 6.20 Å². The van der Waals surface area contributed by atoms with Gasteiger partial charge in [-0.05, 0) is 33.9 Å². The number of aromatic nitrogens is 4. The monoisotopic (exact) mass is 346 g/mol. The molecule has 0 bridgehead atoms. The maximum Gasteiger partial charge on any atom is 0.302 e. The van der Waals surface area contributed by atoms with Gasteiger partial charge in [-0.3, -0.25) is 10.1 Å². The molecule has 10 heteroatoms. The number of hydrogen-bond donors (Lipinski definition) is 3. The minimum atomic E-state index is -0.263. The number of aryl methyl sites for hydroxylation is 1. The first kappa shape index (κ1) is 17.1. The summed E-state index contributed by atoms with van der Waals surface area (Å²) in [6.45, 7) is 3.33. The molecule has 10 nitrogen and oxygen atoms in total. The third-order valence-electron chi connectivity index (χ3n) is 3.45. The van der Waals surface area contributed by atoms with Gasteiger partial charge in [-0.2, -0.15) is 15.0 Å². The van der Waals surface area contributed by atoms with Crippen LogP contribution in [-0.4, -0.2) is 64.0 Å². The summed E-state index contributed by atoms with van der Waals surface area (Å²) in [5.74, 6) is 1.22. The van der Waals surface area contributed by atoms with Gasteiger partial charge in [-0.1, -0.05) is 0 Å². The summed E-state index contributed by atoms with van der Waals surface area (Å²) in [5.41, 5.74) is 0. The molecule has 0 spiro atoms. The van der Waals surface area contributed by atoms with Crippen molar-refractivity contribution in [3.8, 4) is 0 Å². The molecular formula is C15H22N8O2. The molecule has 2 aromatic heterocycles. The van der Waals surface area contributed by atoms with E-state index in [9.17, 15) is 4.79 Å². The fourth-order valence-corrected chi connectivity index (χ4v) is 2.02. The molecule has 0 atom stereocenters. The molecule has 25 heavy (non-hydrogen) atoms.